The molecule has 0 aliphatic carbocycles. The number of rotatable bonds is 4. The van der Waals surface area contributed by atoms with Gasteiger partial charge in [-0.2, -0.15) is 5.10 Å². The first-order chi connectivity index (χ1) is 10.4. The number of thiophene rings is 1. The zero-order valence-electron chi connectivity index (χ0n) is 11.8. The lowest BCUT2D eigenvalue weighted by Crippen LogP contribution is -2.12. The van der Waals surface area contributed by atoms with Gasteiger partial charge in [0, 0.05) is 12.1 Å². The largest absolute Gasteiger partial charge is 0.275 e. The van der Waals surface area contributed by atoms with Crippen molar-refractivity contribution in [2.24, 2.45) is 0 Å². The summed E-state index contributed by atoms with van der Waals surface area (Å²) in [7, 11) is -3.69. The fourth-order valence-electron chi connectivity index (χ4n) is 1.88. The van der Waals surface area contributed by atoms with Crippen LogP contribution in [-0.2, 0) is 10.0 Å². The van der Waals surface area contributed by atoms with Crippen LogP contribution < -0.4 is 4.72 Å². The molecule has 3 heterocycles. The van der Waals surface area contributed by atoms with Crippen molar-refractivity contribution in [1.82, 2.24) is 14.6 Å². The Morgan fingerprint density at radius 3 is 2.73 bits per heavy atom. The molecule has 0 amide bonds. The Balaban J connectivity index is 2.03. The molecule has 0 aliphatic heterocycles. The van der Waals surface area contributed by atoms with Crippen molar-refractivity contribution in [3.63, 3.8) is 0 Å². The molecule has 1 N–H and O–H groups in total. The van der Waals surface area contributed by atoms with Gasteiger partial charge in [-0.15, -0.1) is 11.3 Å². The molecule has 0 saturated heterocycles. The molecule has 0 aromatic carbocycles. The van der Waals surface area contributed by atoms with Crippen molar-refractivity contribution in [2.45, 2.75) is 24.0 Å². The molecule has 9 heteroatoms. The van der Waals surface area contributed by atoms with Gasteiger partial charge < -0.3 is 0 Å². The molecule has 0 saturated carbocycles. The van der Waals surface area contributed by atoms with Gasteiger partial charge in [0.2, 0.25) is 0 Å². The van der Waals surface area contributed by atoms with Crippen LogP contribution in [0.2, 0.25) is 4.34 Å². The maximum Gasteiger partial charge on any atom is 0.271 e. The van der Waals surface area contributed by atoms with Gasteiger partial charge in [-0.1, -0.05) is 25.4 Å². The number of pyridine rings is 1. The number of nitrogens with zero attached hydrogens (tertiary/aromatic N) is 3. The standard InChI is InChI=1S/C13H13ClN4O2S2/c1-8(2)12-15-13-9(4-3-7-18(13)16-12)17-22(19,20)11-6-5-10(14)21-11/h3-8,17H,1-2H3. The summed E-state index contributed by atoms with van der Waals surface area (Å²) in [6, 6.07) is 6.39. The smallest absolute Gasteiger partial charge is 0.271 e. The van der Waals surface area contributed by atoms with Crippen LogP contribution in [0.4, 0.5) is 5.69 Å². The van der Waals surface area contributed by atoms with Crippen molar-refractivity contribution in [2.75, 3.05) is 4.72 Å². The van der Waals surface area contributed by atoms with Crippen molar-refractivity contribution < 1.29 is 8.42 Å². The van der Waals surface area contributed by atoms with Crippen molar-refractivity contribution >= 4 is 44.3 Å². The minimum atomic E-state index is -3.69. The summed E-state index contributed by atoms with van der Waals surface area (Å²) in [5, 5.41) is 4.33. The maximum absolute atomic E-state index is 12.4. The second-order valence-electron chi connectivity index (χ2n) is 4.98. The Labute approximate surface area is 136 Å². The third-order valence-corrected chi connectivity index (χ3v) is 6.04. The molecule has 0 unspecified atom stereocenters. The van der Waals surface area contributed by atoms with E-state index in [2.05, 4.69) is 14.8 Å². The molecule has 0 aliphatic rings. The summed E-state index contributed by atoms with van der Waals surface area (Å²) < 4.78 is 29.4. The molecule has 22 heavy (non-hydrogen) atoms. The van der Waals surface area contributed by atoms with Crippen LogP contribution in [0.1, 0.15) is 25.6 Å². The Morgan fingerprint density at radius 2 is 2.09 bits per heavy atom. The Morgan fingerprint density at radius 1 is 1.32 bits per heavy atom. The second-order valence-corrected chi connectivity index (χ2v) is 8.60. The summed E-state index contributed by atoms with van der Waals surface area (Å²) in [6.45, 7) is 3.96. The first kappa shape index (κ1) is 15.3. The SMILES string of the molecule is CC(C)c1nc2c(NS(=O)(=O)c3ccc(Cl)s3)cccn2n1. The molecule has 0 radical (unpaired) electrons. The van der Waals surface area contributed by atoms with E-state index in [4.69, 9.17) is 11.6 Å². The lowest BCUT2D eigenvalue weighted by Gasteiger charge is -2.06. The minimum absolute atomic E-state index is 0.153. The summed E-state index contributed by atoms with van der Waals surface area (Å²) in [4.78, 5) is 4.40. The number of hydrogen-bond acceptors (Lipinski definition) is 5. The first-order valence-corrected chi connectivity index (χ1v) is 9.18. The summed E-state index contributed by atoms with van der Waals surface area (Å²) >= 11 is 6.80. The van der Waals surface area contributed by atoms with Crippen LogP contribution in [0.25, 0.3) is 5.65 Å². The van der Waals surface area contributed by atoms with Gasteiger partial charge in [-0.05, 0) is 24.3 Å². The molecule has 3 aromatic heterocycles. The van der Waals surface area contributed by atoms with Gasteiger partial charge in [0.1, 0.15) is 4.21 Å². The average Bonchev–Trinajstić information content (AvgIpc) is 3.05. The van der Waals surface area contributed by atoms with Crippen molar-refractivity contribution in [3.8, 4) is 0 Å². The summed E-state index contributed by atoms with van der Waals surface area (Å²) in [5.74, 6) is 0.811. The number of sulfonamides is 1. The first-order valence-electron chi connectivity index (χ1n) is 6.50. The monoisotopic (exact) mass is 356 g/mol. The molecule has 6 nitrogen and oxygen atoms in total. The van der Waals surface area contributed by atoms with Crippen LogP contribution in [0.15, 0.2) is 34.7 Å². The molecular weight excluding hydrogens is 344 g/mol. The molecule has 0 atom stereocenters. The van der Waals surface area contributed by atoms with E-state index in [-0.39, 0.29) is 10.1 Å². The topological polar surface area (TPSA) is 76.4 Å². The molecular formula is C13H13ClN4O2S2. The van der Waals surface area contributed by atoms with Gasteiger partial charge in [0.15, 0.2) is 11.5 Å². The van der Waals surface area contributed by atoms with E-state index in [0.29, 0.717) is 21.5 Å². The molecule has 3 aromatic rings. The quantitative estimate of drug-likeness (QED) is 0.777. The van der Waals surface area contributed by atoms with Gasteiger partial charge in [-0.25, -0.2) is 17.9 Å². The van der Waals surface area contributed by atoms with Gasteiger partial charge in [0.05, 0.1) is 10.0 Å². The molecule has 0 spiro atoms. The van der Waals surface area contributed by atoms with Gasteiger partial charge in [0.25, 0.3) is 10.0 Å². The van der Waals surface area contributed by atoms with Crippen LogP contribution in [0.5, 0.6) is 0 Å². The normalized spacial score (nSPS) is 12.2. The summed E-state index contributed by atoms with van der Waals surface area (Å²) in [6.07, 6.45) is 1.73. The van der Waals surface area contributed by atoms with Crippen LogP contribution in [0, 0.1) is 0 Å². The minimum Gasteiger partial charge on any atom is -0.275 e. The highest BCUT2D eigenvalue weighted by Crippen LogP contribution is 2.28. The van der Waals surface area contributed by atoms with E-state index in [0.717, 1.165) is 11.3 Å². The van der Waals surface area contributed by atoms with E-state index >= 15 is 0 Å². The Kier molecular flexibility index (Phi) is 3.84. The van der Waals surface area contributed by atoms with Crippen LogP contribution in [-0.4, -0.2) is 23.0 Å². The van der Waals surface area contributed by atoms with Gasteiger partial charge >= 0.3 is 0 Å². The van der Waals surface area contributed by atoms with Crippen molar-refractivity contribution in [1.29, 1.82) is 0 Å². The number of hydrogen-bond donors (Lipinski definition) is 1. The average molecular weight is 357 g/mol. The fourth-order valence-corrected chi connectivity index (χ4v) is 4.43. The third-order valence-electron chi connectivity index (χ3n) is 2.95. The van der Waals surface area contributed by atoms with Crippen LogP contribution in [0.3, 0.4) is 0 Å². The maximum atomic E-state index is 12.4. The number of fused-ring (bicyclic) bond motifs is 1. The zero-order chi connectivity index (χ0) is 15.9. The molecule has 116 valence electrons. The van der Waals surface area contributed by atoms with E-state index in [1.807, 2.05) is 13.8 Å². The van der Waals surface area contributed by atoms with E-state index in [9.17, 15) is 8.42 Å². The molecule has 0 bridgehead atoms. The fraction of sp³-hybridized carbons (Fsp3) is 0.231. The molecule has 3 rings (SSSR count). The van der Waals surface area contributed by atoms with E-state index in [1.54, 1.807) is 28.9 Å². The van der Waals surface area contributed by atoms with Gasteiger partial charge in [-0.3, -0.25) is 4.72 Å². The number of nitrogens with one attached hydrogen (secondary N) is 1. The lowest BCUT2D eigenvalue weighted by atomic mass is 10.2. The Bertz CT molecular complexity index is 931. The number of anilines is 1. The van der Waals surface area contributed by atoms with Crippen LogP contribution >= 0.6 is 22.9 Å². The lowest BCUT2D eigenvalue weighted by molar-refractivity contribution is 0.603. The third kappa shape index (κ3) is 2.81. The summed E-state index contributed by atoms with van der Waals surface area (Å²) in [5.41, 5.74) is 0.851. The van der Waals surface area contributed by atoms with Crippen molar-refractivity contribution in [3.05, 3.63) is 40.6 Å². The number of halogens is 1. The number of aromatic nitrogens is 3. The highest BCUT2D eigenvalue weighted by atomic mass is 35.5. The predicted molar refractivity (Wildman–Crippen MR) is 87.2 cm³/mol. The highest BCUT2D eigenvalue weighted by Gasteiger charge is 2.19. The Hall–Kier alpha value is -1.64. The van der Waals surface area contributed by atoms with E-state index in [1.165, 1.54) is 6.07 Å². The van der Waals surface area contributed by atoms with E-state index < -0.39 is 10.0 Å². The second kappa shape index (κ2) is 5.53. The predicted octanol–water partition coefficient (Wildman–Crippen LogP) is 3.37. The highest BCUT2D eigenvalue weighted by molar-refractivity contribution is 7.94. The molecule has 0 fully saturated rings. The zero-order valence-corrected chi connectivity index (χ0v) is 14.2.